The van der Waals surface area contributed by atoms with Crippen molar-refractivity contribution < 1.29 is 4.92 Å². The first-order valence-corrected chi connectivity index (χ1v) is 9.58. The Hall–Kier alpha value is -2.33. The van der Waals surface area contributed by atoms with Gasteiger partial charge in [0.1, 0.15) is 5.82 Å². The van der Waals surface area contributed by atoms with E-state index in [-0.39, 0.29) is 11.1 Å². The second kappa shape index (κ2) is 7.12. The molecule has 0 fully saturated rings. The Morgan fingerprint density at radius 2 is 1.92 bits per heavy atom. The Morgan fingerprint density at radius 1 is 1.23 bits per heavy atom. The summed E-state index contributed by atoms with van der Waals surface area (Å²) >= 11 is 2.77. The number of nitrogens with zero attached hydrogens (tertiary/aromatic N) is 6. The third-order valence-corrected chi connectivity index (χ3v) is 5.36. The molecule has 0 amide bonds. The third kappa shape index (κ3) is 3.75. The molecule has 26 heavy (non-hydrogen) atoms. The van der Waals surface area contributed by atoms with Gasteiger partial charge in [0.2, 0.25) is 0 Å². The summed E-state index contributed by atoms with van der Waals surface area (Å²) in [7, 11) is 0. The first kappa shape index (κ1) is 18.5. The minimum atomic E-state index is -0.419. The van der Waals surface area contributed by atoms with Gasteiger partial charge >= 0.3 is 0 Å². The quantitative estimate of drug-likeness (QED) is 0.476. The highest BCUT2D eigenvalue weighted by Gasteiger charge is 2.21. The van der Waals surface area contributed by atoms with Gasteiger partial charge in [-0.25, -0.2) is 4.98 Å². The van der Waals surface area contributed by atoms with Gasteiger partial charge in [-0.2, -0.15) is 4.37 Å². The number of non-ortho nitro benzene ring substituents is 1. The van der Waals surface area contributed by atoms with Crippen LogP contribution >= 0.6 is 23.3 Å². The van der Waals surface area contributed by atoms with Crippen molar-refractivity contribution in [3.63, 3.8) is 0 Å². The largest absolute Gasteiger partial charge is 0.302 e. The highest BCUT2D eigenvalue weighted by Crippen LogP contribution is 2.32. The minimum Gasteiger partial charge on any atom is -0.302 e. The van der Waals surface area contributed by atoms with Gasteiger partial charge in [0, 0.05) is 29.7 Å². The molecule has 0 unspecified atom stereocenters. The predicted molar refractivity (Wildman–Crippen MR) is 101 cm³/mol. The van der Waals surface area contributed by atoms with E-state index in [2.05, 4.69) is 40.3 Å². The minimum absolute atomic E-state index is 0.0504. The SMILES string of the molecule is CCn1c(Sc2nc(C(C)(C)C)ns2)nnc1-c1ccc([N+](=O)[O-])cc1. The normalized spacial score (nSPS) is 11.7. The molecule has 3 rings (SSSR count). The lowest BCUT2D eigenvalue weighted by Crippen LogP contribution is -2.12. The zero-order chi connectivity index (χ0) is 18.9. The summed E-state index contributed by atoms with van der Waals surface area (Å²) in [6, 6.07) is 6.31. The first-order valence-electron chi connectivity index (χ1n) is 7.99. The molecule has 2 aromatic heterocycles. The number of hydrogen-bond acceptors (Lipinski definition) is 8. The van der Waals surface area contributed by atoms with E-state index in [4.69, 9.17) is 0 Å². The summed E-state index contributed by atoms with van der Waals surface area (Å²) in [4.78, 5) is 15.0. The number of aromatic nitrogens is 5. The molecule has 0 aliphatic carbocycles. The fourth-order valence-electron chi connectivity index (χ4n) is 2.23. The molecule has 0 saturated heterocycles. The van der Waals surface area contributed by atoms with E-state index in [1.165, 1.54) is 35.4 Å². The van der Waals surface area contributed by atoms with Gasteiger partial charge in [0.15, 0.2) is 15.3 Å². The van der Waals surface area contributed by atoms with Crippen LogP contribution in [-0.2, 0) is 12.0 Å². The smallest absolute Gasteiger partial charge is 0.269 e. The Labute approximate surface area is 159 Å². The van der Waals surface area contributed by atoms with E-state index >= 15 is 0 Å². The molecule has 0 saturated carbocycles. The summed E-state index contributed by atoms with van der Waals surface area (Å²) in [5, 5.41) is 20.1. The van der Waals surface area contributed by atoms with Crippen molar-refractivity contribution in [1.29, 1.82) is 0 Å². The number of benzene rings is 1. The monoisotopic (exact) mass is 390 g/mol. The third-order valence-electron chi connectivity index (χ3n) is 3.63. The van der Waals surface area contributed by atoms with E-state index in [0.717, 1.165) is 20.9 Å². The van der Waals surface area contributed by atoms with Crippen molar-refractivity contribution in [1.82, 2.24) is 24.1 Å². The van der Waals surface area contributed by atoms with Gasteiger partial charge in [-0.1, -0.05) is 20.8 Å². The number of nitro groups is 1. The number of hydrogen-bond donors (Lipinski definition) is 0. The first-order chi connectivity index (χ1) is 12.3. The van der Waals surface area contributed by atoms with Crippen molar-refractivity contribution in [3.05, 3.63) is 40.2 Å². The van der Waals surface area contributed by atoms with Crippen LogP contribution in [0.3, 0.4) is 0 Å². The van der Waals surface area contributed by atoms with Crippen LogP contribution in [0.1, 0.15) is 33.5 Å². The molecule has 0 bridgehead atoms. The summed E-state index contributed by atoms with van der Waals surface area (Å²) in [6.45, 7) is 8.90. The van der Waals surface area contributed by atoms with Crippen LogP contribution in [0.25, 0.3) is 11.4 Å². The van der Waals surface area contributed by atoms with Gasteiger partial charge in [-0.15, -0.1) is 10.2 Å². The summed E-state index contributed by atoms with van der Waals surface area (Å²) < 4.78 is 7.19. The Balaban J connectivity index is 1.88. The second-order valence-corrected chi connectivity index (χ2v) is 8.56. The molecular formula is C16H18N6O2S2. The number of rotatable bonds is 5. The predicted octanol–water partition coefficient (Wildman–Crippen LogP) is 4.17. The molecule has 0 aliphatic heterocycles. The van der Waals surface area contributed by atoms with Crippen LogP contribution in [0.2, 0.25) is 0 Å². The maximum absolute atomic E-state index is 10.8. The van der Waals surface area contributed by atoms with Crippen molar-refractivity contribution in [2.24, 2.45) is 0 Å². The zero-order valence-electron chi connectivity index (χ0n) is 14.8. The van der Waals surface area contributed by atoms with Crippen molar-refractivity contribution in [2.45, 2.75) is 49.2 Å². The van der Waals surface area contributed by atoms with Gasteiger partial charge in [-0.05, 0) is 42.4 Å². The molecule has 0 atom stereocenters. The van der Waals surface area contributed by atoms with Crippen molar-refractivity contribution in [2.75, 3.05) is 0 Å². The highest BCUT2D eigenvalue weighted by molar-refractivity contribution is 8.00. The molecule has 0 N–H and O–H groups in total. The van der Waals surface area contributed by atoms with E-state index in [1.807, 2.05) is 11.5 Å². The van der Waals surface area contributed by atoms with Crippen LogP contribution in [0.5, 0.6) is 0 Å². The molecule has 136 valence electrons. The van der Waals surface area contributed by atoms with E-state index < -0.39 is 4.92 Å². The van der Waals surface area contributed by atoms with E-state index in [9.17, 15) is 10.1 Å². The molecule has 8 nitrogen and oxygen atoms in total. The van der Waals surface area contributed by atoms with Gasteiger partial charge in [0.25, 0.3) is 5.69 Å². The second-order valence-electron chi connectivity index (χ2n) is 6.59. The maximum Gasteiger partial charge on any atom is 0.269 e. The van der Waals surface area contributed by atoms with E-state index in [1.54, 1.807) is 12.1 Å². The fraction of sp³-hybridized carbons (Fsp3) is 0.375. The lowest BCUT2D eigenvalue weighted by atomic mass is 9.96. The fourth-order valence-corrected chi connectivity index (χ4v) is 4.02. The molecule has 3 aromatic rings. The number of nitro benzene ring substituents is 1. The molecular weight excluding hydrogens is 372 g/mol. The van der Waals surface area contributed by atoms with Crippen LogP contribution in [0.4, 0.5) is 5.69 Å². The highest BCUT2D eigenvalue weighted by atomic mass is 32.2. The molecule has 1 aromatic carbocycles. The van der Waals surface area contributed by atoms with Gasteiger partial charge < -0.3 is 4.57 Å². The van der Waals surface area contributed by atoms with Crippen LogP contribution in [0, 0.1) is 10.1 Å². The molecule has 0 aliphatic rings. The van der Waals surface area contributed by atoms with Gasteiger partial charge in [0.05, 0.1) is 4.92 Å². The average Bonchev–Trinajstić information content (AvgIpc) is 3.22. The standard InChI is InChI=1S/C16H18N6O2S2/c1-5-21-12(10-6-8-11(9-7-10)22(23)24)18-19-14(21)25-15-17-13(20-26-15)16(2,3)4/h6-9H,5H2,1-4H3. The van der Waals surface area contributed by atoms with Crippen LogP contribution in [-0.4, -0.2) is 29.0 Å². The van der Waals surface area contributed by atoms with Crippen LogP contribution in [0.15, 0.2) is 33.8 Å². The molecule has 0 radical (unpaired) electrons. The van der Waals surface area contributed by atoms with E-state index in [0.29, 0.717) is 12.4 Å². The lowest BCUT2D eigenvalue weighted by Gasteiger charge is -2.12. The molecule has 0 spiro atoms. The molecule has 10 heteroatoms. The summed E-state index contributed by atoms with van der Waals surface area (Å²) in [5.74, 6) is 1.48. The topological polar surface area (TPSA) is 99.6 Å². The summed E-state index contributed by atoms with van der Waals surface area (Å²) in [5.41, 5.74) is 0.733. The van der Waals surface area contributed by atoms with Gasteiger partial charge in [-0.3, -0.25) is 10.1 Å². The lowest BCUT2D eigenvalue weighted by molar-refractivity contribution is -0.384. The van der Waals surface area contributed by atoms with Crippen LogP contribution < -0.4 is 0 Å². The Kier molecular flexibility index (Phi) is 5.05. The average molecular weight is 390 g/mol. The summed E-state index contributed by atoms with van der Waals surface area (Å²) in [6.07, 6.45) is 0. The zero-order valence-corrected chi connectivity index (χ0v) is 16.5. The Bertz CT molecular complexity index is 927. The van der Waals surface area contributed by atoms with Crippen molar-refractivity contribution >= 4 is 29.0 Å². The molecule has 2 heterocycles. The maximum atomic E-state index is 10.8. The van der Waals surface area contributed by atoms with Crippen molar-refractivity contribution in [3.8, 4) is 11.4 Å². The Morgan fingerprint density at radius 3 is 2.46 bits per heavy atom.